The van der Waals surface area contributed by atoms with Crippen LogP contribution in [0.1, 0.15) is 38.5 Å². The fourth-order valence-corrected chi connectivity index (χ4v) is 1.11. The summed E-state index contributed by atoms with van der Waals surface area (Å²) >= 11 is 0. The van der Waals surface area contributed by atoms with Gasteiger partial charge in [0.15, 0.2) is 0 Å². The molecule has 0 aliphatic heterocycles. The molecule has 0 unspecified atom stereocenters. The molecule has 0 amide bonds. The molecule has 1 aliphatic carbocycles. The first-order valence-corrected chi connectivity index (χ1v) is 4.26. The number of rotatable bonds is 0. The van der Waals surface area contributed by atoms with E-state index in [4.69, 9.17) is 4.57 Å². The molecule has 0 atom stereocenters. The summed E-state index contributed by atoms with van der Waals surface area (Å²) < 4.78 is 8.06. The first kappa shape index (κ1) is 9.84. The molecule has 0 aromatic heterocycles. The summed E-state index contributed by atoms with van der Waals surface area (Å²) in [6.45, 7) is 0. The number of hydrogen-bond donors (Lipinski definition) is 0. The van der Waals surface area contributed by atoms with Crippen LogP contribution in [0.5, 0.6) is 0 Å². The quantitative estimate of drug-likeness (QED) is 0.390. The summed E-state index contributed by atoms with van der Waals surface area (Å²) in [6.07, 6.45) is 13.0. The van der Waals surface area contributed by atoms with Gasteiger partial charge in [-0.1, -0.05) is 25.0 Å². The van der Waals surface area contributed by atoms with Crippen molar-refractivity contribution >= 4 is 9.12 Å². The molecule has 0 saturated heterocycles. The molecule has 0 aromatic carbocycles. The van der Waals surface area contributed by atoms with Crippen LogP contribution in [0.4, 0.5) is 0 Å². The molecule has 0 spiro atoms. The maximum Gasteiger partial charge on any atom is 0.138 e. The van der Waals surface area contributed by atoms with Gasteiger partial charge in [0.05, 0.1) is 0 Å². The van der Waals surface area contributed by atoms with Crippen molar-refractivity contribution in [2.45, 2.75) is 38.5 Å². The molecular weight excluding hydrogens is 143 g/mol. The monoisotopic (exact) mass is 158 g/mol. The molecule has 0 radical (unpaired) electrons. The second kappa shape index (κ2) is 8.84. The third-order valence-corrected chi connectivity index (χ3v) is 1.66. The van der Waals surface area contributed by atoms with E-state index in [1.807, 2.05) is 0 Å². The van der Waals surface area contributed by atoms with E-state index in [9.17, 15) is 0 Å². The van der Waals surface area contributed by atoms with Crippen LogP contribution >= 0.6 is 9.12 Å². The van der Waals surface area contributed by atoms with E-state index >= 15 is 0 Å². The van der Waals surface area contributed by atoms with E-state index < -0.39 is 0 Å². The average molecular weight is 158 g/mol. The van der Waals surface area contributed by atoms with Crippen LogP contribution in [0.3, 0.4) is 0 Å². The van der Waals surface area contributed by atoms with Crippen LogP contribution in [-0.4, -0.2) is 0 Å². The minimum absolute atomic E-state index is 1.32. The van der Waals surface area contributed by atoms with Gasteiger partial charge in [0.25, 0.3) is 0 Å². The maximum absolute atomic E-state index is 8.06. The van der Waals surface area contributed by atoms with Gasteiger partial charge in [-0.3, -0.25) is 4.57 Å². The van der Waals surface area contributed by atoms with Crippen LogP contribution in [0.25, 0.3) is 0 Å². The van der Waals surface area contributed by atoms with E-state index in [2.05, 4.69) is 12.2 Å². The zero-order valence-corrected chi connectivity index (χ0v) is 7.31. The van der Waals surface area contributed by atoms with Gasteiger partial charge >= 0.3 is 0 Å². The average Bonchev–Trinajstić information content (AvgIpc) is 1.90. The van der Waals surface area contributed by atoms with Gasteiger partial charge in [0, 0.05) is 0 Å². The van der Waals surface area contributed by atoms with Crippen LogP contribution in [0.2, 0.25) is 0 Å². The highest BCUT2D eigenvalue weighted by Gasteiger charge is 1.89. The third kappa shape index (κ3) is 5.97. The minimum Gasteiger partial charge on any atom is -0.279 e. The lowest BCUT2D eigenvalue weighted by Crippen LogP contribution is -1.80. The standard InChI is InChI=1S/C8H14.HOP/c1-2-4-6-8-7-5-3-1;1-2/h1-2H,3-8H2;2H. The fraction of sp³-hybridized carbons (Fsp3) is 0.750. The molecule has 1 aliphatic rings. The van der Waals surface area contributed by atoms with E-state index in [0.29, 0.717) is 0 Å². The summed E-state index contributed by atoms with van der Waals surface area (Å²) in [4.78, 5) is 0. The van der Waals surface area contributed by atoms with Gasteiger partial charge in [-0.05, 0) is 25.7 Å². The minimum atomic E-state index is 1.32. The van der Waals surface area contributed by atoms with Crippen LogP contribution < -0.4 is 0 Å². The van der Waals surface area contributed by atoms with Crippen LogP contribution in [-0.2, 0) is 4.57 Å². The van der Waals surface area contributed by atoms with Crippen molar-refractivity contribution < 1.29 is 4.57 Å². The molecule has 1 rings (SSSR count). The lowest BCUT2D eigenvalue weighted by atomic mass is 10.1. The van der Waals surface area contributed by atoms with Crippen LogP contribution in [0, 0.1) is 0 Å². The number of allylic oxidation sites excluding steroid dienone is 2. The molecule has 0 fully saturated rings. The lowest BCUT2D eigenvalue weighted by molar-refractivity contribution is 0.607. The Morgan fingerprint density at radius 1 is 0.800 bits per heavy atom. The Kier molecular flexibility index (Phi) is 8.70. The third-order valence-electron chi connectivity index (χ3n) is 1.66. The molecule has 58 valence electrons. The summed E-state index contributed by atoms with van der Waals surface area (Å²) in [5.74, 6) is 0. The predicted molar refractivity (Wildman–Crippen MR) is 45.8 cm³/mol. The Hall–Kier alpha value is -0.160. The van der Waals surface area contributed by atoms with E-state index in [-0.39, 0.29) is 0 Å². The van der Waals surface area contributed by atoms with Crippen molar-refractivity contribution in [1.29, 1.82) is 0 Å². The molecule has 10 heavy (non-hydrogen) atoms. The molecule has 0 N–H and O–H groups in total. The van der Waals surface area contributed by atoms with Gasteiger partial charge < -0.3 is 0 Å². The smallest absolute Gasteiger partial charge is 0.138 e. The summed E-state index contributed by atoms with van der Waals surface area (Å²) in [5, 5.41) is 0. The van der Waals surface area contributed by atoms with Gasteiger partial charge in [-0.15, -0.1) is 0 Å². The Morgan fingerprint density at radius 3 is 1.60 bits per heavy atom. The summed E-state index contributed by atoms with van der Waals surface area (Å²) in [6, 6.07) is 0. The van der Waals surface area contributed by atoms with E-state index in [1.54, 1.807) is 9.12 Å². The zero-order chi connectivity index (χ0) is 7.66. The van der Waals surface area contributed by atoms with Crippen molar-refractivity contribution in [3.05, 3.63) is 12.2 Å². The van der Waals surface area contributed by atoms with Crippen molar-refractivity contribution in [2.75, 3.05) is 0 Å². The second-order valence-electron chi connectivity index (χ2n) is 2.46. The van der Waals surface area contributed by atoms with Crippen molar-refractivity contribution in [3.8, 4) is 0 Å². The molecule has 1 nitrogen and oxygen atoms in total. The highest BCUT2D eigenvalue weighted by Crippen LogP contribution is 2.09. The molecular formula is C8H15OP. The highest BCUT2D eigenvalue weighted by atomic mass is 31.0. The maximum atomic E-state index is 8.06. The Labute approximate surface area is 65.1 Å². The Balaban J connectivity index is 0.000000371. The molecule has 2 heteroatoms. The topological polar surface area (TPSA) is 17.1 Å². The van der Waals surface area contributed by atoms with Gasteiger partial charge in [0.2, 0.25) is 0 Å². The van der Waals surface area contributed by atoms with E-state index in [1.165, 1.54) is 38.5 Å². The first-order chi connectivity index (χ1) is 5.00. The number of hydrogen-bond acceptors (Lipinski definition) is 1. The normalized spacial score (nSPS) is 18.0. The summed E-state index contributed by atoms with van der Waals surface area (Å²) in [7, 11) is 1.72. The zero-order valence-electron chi connectivity index (χ0n) is 6.31. The summed E-state index contributed by atoms with van der Waals surface area (Å²) in [5.41, 5.74) is 0. The van der Waals surface area contributed by atoms with Crippen LogP contribution in [0.15, 0.2) is 12.2 Å². The molecule has 0 aromatic rings. The first-order valence-electron chi connectivity index (χ1n) is 3.85. The van der Waals surface area contributed by atoms with Gasteiger partial charge in [-0.2, -0.15) is 0 Å². The Bertz CT molecular complexity index is 81.3. The van der Waals surface area contributed by atoms with Crippen molar-refractivity contribution in [1.82, 2.24) is 0 Å². The Morgan fingerprint density at radius 2 is 1.20 bits per heavy atom. The second-order valence-corrected chi connectivity index (χ2v) is 2.46. The molecule has 0 bridgehead atoms. The largest absolute Gasteiger partial charge is 0.279 e. The van der Waals surface area contributed by atoms with Crippen molar-refractivity contribution in [2.24, 2.45) is 0 Å². The fourth-order valence-electron chi connectivity index (χ4n) is 1.11. The SMILES string of the molecule is C1=CCCCCCC1.O=P. The molecule has 0 heterocycles. The lowest BCUT2D eigenvalue weighted by Gasteiger charge is -2.00. The van der Waals surface area contributed by atoms with E-state index in [0.717, 1.165) is 0 Å². The van der Waals surface area contributed by atoms with Gasteiger partial charge in [0.1, 0.15) is 9.12 Å². The van der Waals surface area contributed by atoms with Crippen molar-refractivity contribution in [3.63, 3.8) is 0 Å². The predicted octanol–water partition coefficient (Wildman–Crippen LogP) is 3.37. The van der Waals surface area contributed by atoms with Gasteiger partial charge in [-0.25, -0.2) is 0 Å². The molecule has 0 saturated carbocycles. The highest BCUT2D eigenvalue weighted by molar-refractivity contribution is 7.00.